The Balaban J connectivity index is 2.37. The second-order valence-electron chi connectivity index (χ2n) is 3.97. The van der Waals surface area contributed by atoms with Gasteiger partial charge < -0.3 is 0 Å². The molecule has 0 N–H and O–H groups in total. The van der Waals surface area contributed by atoms with Crippen LogP contribution in [-0.4, -0.2) is 29.9 Å². The van der Waals surface area contributed by atoms with Crippen LogP contribution < -0.4 is 0 Å². The van der Waals surface area contributed by atoms with Crippen molar-refractivity contribution in [3.05, 3.63) is 11.1 Å². The number of halogens is 2. The third-order valence-electron chi connectivity index (χ3n) is 2.54. The molecule has 0 spiro atoms. The van der Waals surface area contributed by atoms with Crippen molar-refractivity contribution in [3.8, 4) is 0 Å². The van der Waals surface area contributed by atoms with Crippen molar-refractivity contribution in [2.45, 2.75) is 25.6 Å². The van der Waals surface area contributed by atoms with Gasteiger partial charge in [0, 0.05) is 24.0 Å². The summed E-state index contributed by atoms with van der Waals surface area (Å²) in [5.41, 5.74) is 2.89. The first-order chi connectivity index (χ1) is 6.13. The SMILES string of the molecule is C/C(=C\Cl)CN1CCC(Cl)C(C)C1. The largest absolute Gasteiger partial charge is 0.299 e. The zero-order valence-corrected chi connectivity index (χ0v) is 9.78. The number of piperidine rings is 1. The number of hydrogen-bond donors (Lipinski definition) is 0. The van der Waals surface area contributed by atoms with Crippen molar-refractivity contribution in [3.63, 3.8) is 0 Å². The molecular formula is C10H17Cl2N. The molecule has 76 valence electrons. The second-order valence-corrected chi connectivity index (χ2v) is 4.75. The molecule has 1 nitrogen and oxygen atoms in total. The summed E-state index contributed by atoms with van der Waals surface area (Å²) in [6.07, 6.45) is 1.10. The maximum Gasteiger partial charge on any atom is 0.0386 e. The van der Waals surface area contributed by atoms with Crippen LogP contribution in [-0.2, 0) is 0 Å². The summed E-state index contributed by atoms with van der Waals surface area (Å²) in [5, 5.41) is 0.358. The Hall–Kier alpha value is 0.280. The van der Waals surface area contributed by atoms with E-state index in [1.807, 2.05) is 0 Å². The van der Waals surface area contributed by atoms with Gasteiger partial charge in [0.25, 0.3) is 0 Å². The molecule has 1 fully saturated rings. The minimum Gasteiger partial charge on any atom is -0.299 e. The highest BCUT2D eigenvalue weighted by atomic mass is 35.5. The van der Waals surface area contributed by atoms with Crippen LogP contribution in [0.15, 0.2) is 11.1 Å². The van der Waals surface area contributed by atoms with Crippen LogP contribution in [0.1, 0.15) is 20.3 Å². The topological polar surface area (TPSA) is 3.24 Å². The number of likely N-dealkylation sites (tertiary alicyclic amines) is 1. The average Bonchev–Trinajstić information content (AvgIpc) is 2.11. The molecule has 0 saturated carbocycles. The molecule has 1 aliphatic heterocycles. The van der Waals surface area contributed by atoms with E-state index in [-0.39, 0.29) is 0 Å². The van der Waals surface area contributed by atoms with Crippen LogP contribution in [0.5, 0.6) is 0 Å². The molecule has 2 atom stereocenters. The molecular weight excluding hydrogens is 205 g/mol. The van der Waals surface area contributed by atoms with Crippen molar-refractivity contribution in [2.24, 2.45) is 5.92 Å². The molecule has 3 heteroatoms. The summed E-state index contributed by atoms with van der Waals surface area (Å²) in [5.74, 6) is 0.596. The van der Waals surface area contributed by atoms with E-state index in [2.05, 4.69) is 18.7 Å². The average molecular weight is 222 g/mol. The number of rotatable bonds is 2. The van der Waals surface area contributed by atoms with Crippen molar-refractivity contribution < 1.29 is 0 Å². The Kier molecular flexibility index (Phi) is 4.57. The van der Waals surface area contributed by atoms with Gasteiger partial charge in [0.15, 0.2) is 0 Å². The molecule has 0 aromatic carbocycles. The number of alkyl halides is 1. The highest BCUT2D eigenvalue weighted by Crippen LogP contribution is 2.22. The van der Waals surface area contributed by atoms with E-state index in [1.54, 1.807) is 5.54 Å². The van der Waals surface area contributed by atoms with E-state index in [9.17, 15) is 0 Å². The van der Waals surface area contributed by atoms with Gasteiger partial charge >= 0.3 is 0 Å². The van der Waals surface area contributed by atoms with Crippen molar-refractivity contribution in [1.82, 2.24) is 4.90 Å². The Morgan fingerprint density at radius 2 is 2.31 bits per heavy atom. The summed E-state index contributed by atoms with van der Waals surface area (Å²) in [4.78, 5) is 2.41. The lowest BCUT2D eigenvalue weighted by Crippen LogP contribution is -2.40. The summed E-state index contributed by atoms with van der Waals surface area (Å²) in [7, 11) is 0. The van der Waals surface area contributed by atoms with Gasteiger partial charge in [-0.2, -0.15) is 0 Å². The van der Waals surface area contributed by atoms with Crippen LogP contribution in [0.3, 0.4) is 0 Å². The molecule has 0 aromatic rings. The lowest BCUT2D eigenvalue weighted by molar-refractivity contribution is 0.201. The quantitative estimate of drug-likeness (QED) is 0.649. The van der Waals surface area contributed by atoms with E-state index in [0.29, 0.717) is 11.3 Å². The summed E-state index contributed by atoms with van der Waals surface area (Å²) in [6.45, 7) is 7.45. The molecule has 0 radical (unpaired) electrons. The molecule has 1 saturated heterocycles. The van der Waals surface area contributed by atoms with Crippen LogP contribution in [0.2, 0.25) is 0 Å². The zero-order chi connectivity index (χ0) is 9.84. The fraction of sp³-hybridized carbons (Fsp3) is 0.800. The van der Waals surface area contributed by atoms with Crippen LogP contribution in [0.4, 0.5) is 0 Å². The van der Waals surface area contributed by atoms with Gasteiger partial charge in [-0.05, 0) is 31.4 Å². The third-order valence-corrected chi connectivity index (χ3v) is 3.56. The molecule has 13 heavy (non-hydrogen) atoms. The second kappa shape index (κ2) is 5.23. The van der Waals surface area contributed by atoms with Gasteiger partial charge in [0.1, 0.15) is 0 Å². The Labute approximate surface area is 90.7 Å². The molecule has 1 aliphatic rings. The highest BCUT2D eigenvalue weighted by Gasteiger charge is 2.23. The first-order valence-corrected chi connectivity index (χ1v) is 5.63. The summed E-state index contributed by atoms with van der Waals surface area (Å²) < 4.78 is 0. The van der Waals surface area contributed by atoms with Crippen LogP contribution >= 0.6 is 23.2 Å². The fourth-order valence-corrected chi connectivity index (χ4v) is 1.98. The molecule has 1 heterocycles. The summed E-state index contributed by atoms with van der Waals surface area (Å²) in [6, 6.07) is 0. The van der Waals surface area contributed by atoms with E-state index in [4.69, 9.17) is 23.2 Å². The van der Waals surface area contributed by atoms with Crippen LogP contribution in [0, 0.1) is 5.92 Å². The minimum absolute atomic E-state index is 0.358. The Morgan fingerprint density at radius 3 is 2.85 bits per heavy atom. The molecule has 0 aromatic heterocycles. The zero-order valence-electron chi connectivity index (χ0n) is 8.26. The van der Waals surface area contributed by atoms with Gasteiger partial charge in [-0.25, -0.2) is 0 Å². The van der Waals surface area contributed by atoms with E-state index < -0.39 is 0 Å². The molecule has 0 bridgehead atoms. The van der Waals surface area contributed by atoms with Crippen LogP contribution in [0.25, 0.3) is 0 Å². The maximum absolute atomic E-state index is 6.14. The predicted molar refractivity (Wildman–Crippen MR) is 59.5 cm³/mol. The monoisotopic (exact) mass is 221 g/mol. The molecule has 1 rings (SSSR count). The standard InChI is InChI=1S/C10H17Cl2N/c1-8(5-11)6-13-4-3-10(12)9(2)7-13/h5,9-10H,3-4,6-7H2,1-2H3/b8-5+. The highest BCUT2D eigenvalue weighted by molar-refractivity contribution is 6.25. The maximum atomic E-state index is 6.14. The van der Waals surface area contributed by atoms with Gasteiger partial charge in [-0.15, -0.1) is 11.6 Å². The molecule has 0 aliphatic carbocycles. The first kappa shape index (κ1) is 11.4. The minimum atomic E-state index is 0.358. The van der Waals surface area contributed by atoms with Crippen molar-refractivity contribution in [1.29, 1.82) is 0 Å². The number of nitrogens with zero attached hydrogens (tertiary/aromatic N) is 1. The van der Waals surface area contributed by atoms with E-state index >= 15 is 0 Å². The Bertz CT molecular complexity index is 191. The molecule has 2 unspecified atom stereocenters. The van der Waals surface area contributed by atoms with Gasteiger partial charge in [0.2, 0.25) is 0 Å². The van der Waals surface area contributed by atoms with Crippen molar-refractivity contribution in [2.75, 3.05) is 19.6 Å². The first-order valence-electron chi connectivity index (χ1n) is 4.75. The lowest BCUT2D eigenvalue weighted by atomic mass is 9.99. The van der Waals surface area contributed by atoms with E-state index in [0.717, 1.165) is 26.1 Å². The van der Waals surface area contributed by atoms with Gasteiger partial charge in [-0.1, -0.05) is 18.5 Å². The van der Waals surface area contributed by atoms with E-state index in [1.165, 1.54) is 5.57 Å². The van der Waals surface area contributed by atoms with Gasteiger partial charge in [0.05, 0.1) is 0 Å². The third kappa shape index (κ3) is 3.49. The molecule has 0 amide bonds. The van der Waals surface area contributed by atoms with Crippen molar-refractivity contribution >= 4 is 23.2 Å². The smallest absolute Gasteiger partial charge is 0.0386 e. The summed E-state index contributed by atoms with van der Waals surface area (Å²) >= 11 is 11.8. The van der Waals surface area contributed by atoms with Gasteiger partial charge in [-0.3, -0.25) is 4.90 Å². The predicted octanol–water partition coefficient (Wildman–Crippen LogP) is 3.08. The fourth-order valence-electron chi connectivity index (χ4n) is 1.73. The number of hydrogen-bond acceptors (Lipinski definition) is 1. The normalized spacial score (nSPS) is 32.2. The lowest BCUT2D eigenvalue weighted by Gasteiger charge is -2.34. The Morgan fingerprint density at radius 1 is 1.62 bits per heavy atom.